The highest BCUT2D eigenvalue weighted by atomic mass is 16.5. The number of nitrogens with zero attached hydrogens (tertiary/aromatic N) is 1. The fraction of sp³-hybridized carbons (Fsp3) is 0.778. The smallest absolute Gasteiger partial charge is 0.409 e. The molecule has 0 aromatic carbocycles. The van der Waals surface area contributed by atoms with Gasteiger partial charge in [0, 0.05) is 19.0 Å². The number of carbonyl (C=O) groups excluding carboxylic acids is 2. The van der Waals surface area contributed by atoms with E-state index in [1.54, 1.807) is 11.8 Å². The van der Waals surface area contributed by atoms with E-state index in [2.05, 4.69) is 4.74 Å². The Kier molecular flexibility index (Phi) is 3.28. The minimum atomic E-state index is -0.316. The first-order valence-corrected chi connectivity index (χ1v) is 4.49. The highest BCUT2D eigenvalue weighted by Gasteiger charge is 2.29. The molecule has 1 aliphatic heterocycles. The molecule has 1 rings (SSSR count). The van der Waals surface area contributed by atoms with Crippen LogP contribution in [0.3, 0.4) is 0 Å². The summed E-state index contributed by atoms with van der Waals surface area (Å²) >= 11 is 0. The van der Waals surface area contributed by atoms with Crippen LogP contribution in [0, 0.1) is 0 Å². The van der Waals surface area contributed by atoms with E-state index in [1.165, 1.54) is 7.11 Å². The molecule has 0 aromatic rings. The Balaban J connectivity index is 2.53. The molecule has 0 saturated carbocycles. The van der Waals surface area contributed by atoms with Gasteiger partial charge in [0.1, 0.15) is 5.78 Å². The lowest BCUT2D eigenvalue weighted by Gasteiger charge is -2.21. The summed E-state index contributed by atoms with van der Waals surface area (Å²) in [4.78, 5) is 23.7. The summed E-state index contributed by atoms with van der Waals surface area (Å²) in [5.41, 5.74) is 0. The largest absolute Gasteiger partial charge is 0.453 e. The summed E-state index contributed by atoms with van der Waals surface area (Å²) in [7, 11) is 1.37. The zero-order valence-electron chi connectivity index (χ0n) is 8.08. The van der Waals surface area contributed by atoms with Crippen LogP contribution in [0.25, 0.3) is 0 Å². The van der Waals surface area contributed by atoms with Crippen LogP contribution in [-0.2, 0) is 9.53 Å². The Morgan fingerprint density at radius 1 is 1.54 bits per heavy atom. The number of rotatable bonds is 2. The molecule has 1 heterocycles. The van der Waals surface area contributed by atoms with Gasteiger partial charge in [0.15, 0.2) is 0 Å². The van der Waals surface area contributed by atoms with E-state index in [9.17, 15) is 9.59 Å². The molecular formula is C9H15NO3. The molecular weight excluding hydrogens is 170 g/mol. The van der Waals surface area contributed by atoms with Crippen molar-refractivity contribution in [2.24, 2.45) is 0 Å². The van der Waals surface area contributed by atoms with E-state index in [4.69, 9.17) is 0 Å². The zero-order chi connectivity index (χ0) is 9.84. The second kappa shape index (κ2) is 4.25. The van der Waals surface area contributed by atoms with Crippen LogP contribution in [0.5, 0.6) is 0 Å². The Labute approximate surface area is 77.8 Å². The molecule has 1 aliphatic rings. The van der Waals surface area contributed by atoms with Crippen LogP contribution >= 0.6 is 0 Å². The second-order valence-electron chi connectivity index (χ2n) is 3.37. The summed E-state index contributed by atoms with van der Waals surface area (Å²) in [6, 6.07) is 0.0601. The molecule has 4 nitrogen and oxygen atoms in total. The summed E-state index contributed by atoms with van der Waals surface area (Å²) in [6.07, 6.45) is 2.01. The molecule has 1 saturated heterocycles. The van der Waals surface area contributed by atoms with Crippen molar-refractivity contribution in [3.63, 3.8) is 0 Å². The third kappa shape index (κ3) is 2.44. The lowest BCUT2D eigenvalue weighted by molar-refractivity contribution is -0.117. The first kappa shape index (κ1) is 10.0. The van der Waals surface area contributed by atoms with E-state index in [1.807, 2.05) is 0 Å². The van der Waals surface area contributed by atoms with Crippen LogP contribution in [0.15, 0.2) is 0 Å². The van der Waals surface area contributed by atoms with Crippen molar-refractivity contribution in [3.8, 4) is 0 Å². The number of ketones is 1. The molecule has 0 radical (unpaired) electrons. The predicted octanol–water partition coefficient (Wildman–Crippen LogP) is 1.20. The molecule has 1 amide bonds. The van der Waals surface area contributed by atoms with Crippen molar-refractivity contribution in [3.05, 3.63) is 0 Å². The lowest BCUT2D eigenvalue weighted by atomic mass is 10.1. The minimum absolute atomic E-state index is 0.0601. The quantitative estimate of drug-likeness (QED) is 0.649. The number of Topliss-reactive ketones (excluding diaryl/α,β-unsaturated/α-hetero) is 1. The first-order valence-electron chi connectivity index (χ1n) is 4.49. The van der Waals surface area contributed by atoms with Crippen molar-refractivity contribution >= 4 is 11.9 Å². The maximum Gasteiger partial charge on any atom is 0.409 e. The molecule has 0 aliphatic carbocycles. The van der Waals surface area contributed by atoms with Gasteiger partial charge < -0.3 is 9.64 Å². The summed E-state index contributed by atoms with van der Waals surface area (Å²) in [5.74, 6) is 0.126. The van der Waals surface area contributed by atoms with Crippen molar-refractivity contribution in [1.29, 1.82) is 0 Å². The molecule has 1 fully saturated rings. The van der Waals surface area contributed by atoms with Gasteiger partial charge in [-0.25, -0.2) is 4.79 Å². The fourth-order valence-electron chi connectivity index (χ4n) is 1.74. The van der Waals surface area contributed by atoms with E-state index < -0.39 is 0 Å². The fourth-order valence-corrected chi connectivity index (χ4v) is 1.74. The highest BCUT2D eigenvalue weighted by Crippen LogP contribution is 2.20. The van der Waals surface area contributed by atoms with Crippen LogP contribution in [0.2, 0.25) is 0 Å². The number of likely N-dealkylation sites (tertiary alicyclic amines) is 1. The third-order valence-corrected chi connectivity index (χ3v) is 2.31. The van der Waals surface area contributed by atoms with Crippen molar-refractivity contribution in [2.75, 3.05) is 13.7 Å². The van der Waals surface area contributed by atoms with Gasteiger partial charge >= 0.3 is 6.09 Å². The van der Waals surface area contributed by atoms with E-state index >= 15 is 0 Å². The summed E-state index contributed by atoms with van der Waals surface area (Å²) in [5, 5.41) is 0. The van der Waals surface area contributed by atoms with E-state index in [0.717, 1.165) is 12.8 Å². The van der Waals surface area contributed by atoms with Crippen molar-refractivity contribution in [1.82, 2.24) is 4.90 Å². The monoisotopic (exact) mass is 185 g/mol. The van der Waals surface area contributed by atoms with Gasteiger partial charge in [-0.1, -0.05) is 0 Å². The Morgan fingerprint density at radius 2 is 2.23 bits per heavy atom. The molecule has 4 heteroatoms. The van der Waals surface area contributed by atoms with Gasteiger partial charge in [-0.15, -0.1) is 0 Å². The summed E-state index contributed by atoms with van der Waals surface area (Å²) < 4.78 is 4.62. The van der Waals surface area contributed by atoms with Gasteiger partial charge in [0.05, 0.1) is 7.11 Å². The molecule has 0 bridgehead atoms. The first-order chi connectivity index (χ1) is 6.15. The van der Waals surface area contributed by atoms with Crippen LogP contribution in [-0.4, -0.2) is 36.5 Å². The van der Waals surface area contributed by atoms with Crippen LogP contribution in [0.4, 0.5) is 4.79 Å². The summed E-state index contributed by atoms with van der Waals surface area (Å²) in [6.45, 7) is 2.26. The number of amides is 1. The average Bonchev–Trinajstić information content (AvgIpc) is 2.50. The maximum absolute atomic E-state index is 11.2. The molecule has 0 spiro atoms. The zero-order valence-corrected chi connectivity index (χ0v) is 8.08. The topological polar surface area (TPSA) is 46.6 Å². The van der Waals surface area contributed by atoms with Crippen LogP contribution in [0.1, 0.15) is 26.2 Å². The SMILES string of the molecule is COC(=O)N1CCCC1CC(C)=O. The average molecular weight is 185 g/mol. The van der Waals surface area contributed by atoms with Gasteiger partial charge in [0.2, 0.25) is 0 Å². The molecule has 1 unspecified atom stereocenters. The number of hydrogen-bond acceptors (Lipinski definition) is 3. The number of carbonyl (C=O) groups is 2. The molecule has 0 N–H and O–H groups in total. The van der Waals surface area contributed by atoms with Gasteiger partial charge in [-0.2, -0.15) is 0 Å². The molecule has 1 atom stereocenters. The van der Waals surface area contributed by atoms with Gasteiger partial charge in [-0.3, -0.25) is 4.79 Å². The van der Waals surface area contributed by atoms with E-state index in [0.29, 0.717) is 13.0 Å². The lowest BCUT2D eigenvalue weighted by Crippen LogP contribution is -2.36. The van der Waals surface area contributed by atoms with Crippen molar-refractivity contribution in [2.45, 2.75) is 32.2 Å². The highest BCUT2D eigenvalue weighted by molar-refractivity contribution is 5.77. The molecule has 13 heavy (non-hydrogen) atoms. The van der Waals surface area contributed by atoms with Crippen molar-refractivity contribution < 1.29 is 14.3 Å². The number of methoxy groups -OCH3 is 1. The Morgan fingerprint density at radius 3 is 2.77 bits per heavy atom. The third-order valence-electron chi connectivity index (χ3n) is 2.31. The molecule has 0 aromatic heterocycles. The number of ether oxygens (including phenoxy) is 1. The Hall–Kier alpha value is -1.06. The maximum atomic E-state index is 11.2. The van der Waals surface area contributed by atoms with Gasteiger partial charge in [-0.05, 0) is 19.8 Å². The second-order valence-corrected chi connectivity index (χ2v) is 3.37. The standard InChI is InChI=1S/C9H15NO3/c1-7(11)6-8-4-3-5-10(8)9(12)13-2/h8H,3-6H2,1-2H3. The predicted molar refractivity (Wildman–Crippen MR) is 47.4 cm³/mol. The normalized spacial score (nSPS) is 21.7. The molecule has 74 valence electrons. The Bertz CT molecular complexity index is 215. The minimum Gasteiger partial charge on any atom is -0.453 e. The van der Waals surface area contributed by atoms with Crippen LogP contribution < -0.4 is 0 Å². The van der Waals surface area contributed by atoms with E-state index in [-0.39, 0.29) is 17.9 Å². The van der Waals surface area contributed by atoms with Gasteiger partial charge in [0.25, 0.3) is 0 Å². The number of hydrogen-bond donors (Lipinski definition) is 0.